The van der Waals surface area contributed by atoms with E-state index in [4.69, 9.17) is 0 Å². The van der Waals surface area contributed by atoms with Crippen molar-refractivity contribution >= 4 is 0 Å². The van der Waals surface area contributed by atoms with Crippen molar-refractivity contribution in [3.63, 3.8) is 0 Å². The van der Waals surface area contributed by atoms with Crippen LogP contribution in [0.5, 0.6) is 0 Å². The van der Waals surface area contributed by atoms with Crippen molar-refractivity contribution in [2.24, 2.45) is 0 Å². The molecule has 0 aliphatic carbocycles. The molecule has 0 unspecified atom stereocenters. The molecule has 0 amide bonds. The predicted molar refractivity (Wildman–Crippen MR) is 107 cm³/mol. The van der Waals surface area contributed by atoms with Gasteiger partial charge in [-0.2, -0.15) is 0 Å². The lowest BCUT2D eigenvalue weighted by Gasteiger charge is -2.20. The molecule has 0 bridgehead atoms. The summed E-state index contributed by atoms with van der Waals surface area (Å²) in [4.78, 5) is 2.39. The lowest BCUT2D eigenvalue weighted by atomic mass is 10.1. The van der Waals surface area contributed by atoms with Crippen molar-refractivity contribution in [1.82, 2.24) is 15.5 Å². The van der Waals surface area contributed by atoms with Gasteiger partial charge >= 0.3 is 0 Å². The van der Waals surface area contributed by atoms with Gasteiger partial charge in [-0.1, -0.05) is 47.0 Å². The van der Waals surface area contributed by atoms with Crippen molar-refractivity contribution in [2.45, 2.75) is 85.5 Å². The molecule has 3 heteroatoms. The Labute approximate surface area is 148 Å². The average molecular weight is 330 g/mol. The number of piperidine rings is 3. The SMILES string of the molecule is C1CCNCC1.C1CCNCC1.CC.CC.CN1CCCCC1. The van der Waals surface area contributed by atoms with E-state index in [1.54, 1.807) is 0 Å². The van der Waals surface area contributed by atoms with Crippen LogP contribution >= 0.6 is 0 Å². The van der Waals surface area contributed by atoms with Crippen LogP contribution in [-0.2, 0) is 0 Å². The first-order chi connectivity index (χ1) is 11.4. The number of hydrogen-bond donors (Lipinski definition) is 2. The molecule has 3 rings (SSSR count). The van der Waals surface area contributed by atoms with Gasteiger partial charge in [-0.05, 0) is 84.8 Å². The third-order valence-electron chi connectivity index (χ3n) is 3.99. The molecule has 23 heavy (non-hydrogen) atoms. The number of likely N-dealkylation sites (tertiary alicyclic amines) is 1. The molecule has 0 radical (unpaired) electrons. The normalized spacial score (nSPS) is 20.7. The molecular weight excluding hydrogens is 282 g/mol. The zero-order chi connectivity index (χ0) is 17.6. The van der Waals surface area contributed by atoms with Crippen LogP contribution in [0.2, 0.25) is 0 Å². The van der Waals surface area contributed by atoms with E-state index in [0.717, 1.165) is 0 Å². The van der Waals surface area contributed by atoms with E-state index in [9.17, 15) is 0 Å². The van der Waals surface area contributed by atoms with Gasteiger partial charge in [0.25, 0.3) is 0 Å². The summed E-state index contributed by atoms with van der Waals surface area (Å²) in [5.41, 5.74) is 0. The van der Waals surface area contributed by atoms with Gasteiger partial charge in [0, 0.05) is 0 Å². The number of nitrogens with zero attached hydrogens (tertiary/aromatic N) is 1. The molecular formula is C20H47N3. The Morgan fingerprint density at radius 1 is 0.478 bits per heavy atom. The first kappa shape index (κ1) is 25.1. The van der Waals surface area contributed by atoms with Crippen LogP contribution in [0.4, 0.5) is 0 Å². The van der Waals surface area contributed by atoms with Crippen molar-refractivity contribution in [3.8, 4) is 0 Å². The van der Waals surface area contributed by atoms with Gasteiger partial charge in [-0.25, -0.2) is 0 Å². The molecule has 3 nitrogen and oxygen atoms in total. The van der Waals surface area contributed by atoms with Gasteiger partial charge in [0.2, 0.25) is 0 Å². The summed E-state index contributed by atoms with van der Waals surface area (Å²) in [6.45, 7) is 15.6. The Hall–Kier alpha value is -0.120. The number of hydrogen-bond acceptors (Lipinski definition) is 3. The van der Waals surface area contributed by atoms with Gasteiger partial charge in [0.1, 0.15) is 0 Å². The zero-order valence-electron chi connectivity index (χ0n) is 17.1. The first-order valence-corrected chi connectivity index (χ1v) is 10.5. The Morgan fingerprint density at radius 3 is 0.913 bits per heavy atom. The average Bonchev–Trinajstić information content (AvgIpc) is 2.69. The van der Waals surface area contributed by atoms with Gasteiger partial charge in [0.05, 0.1) is 0 Å². The van der Waals surface area contributed by atoms with E-state index in [2.05, 4.69) is 22.6 Å². The lowest BCUT2D eigenvalue weighted by molar-refractivity contribution is 0.277. The van der Waals surface area contributed by atoms with Crippen molar-refractivity contribution in [2.75, 3.05) is 46.3 Å². The Balaban J connectivity index is 0. The molecule has 0 saturated carbocycles. The standard InChI is InChI=1S/C6H13N.2C5H11N.2C2H6/c1-7-5-3-2-4-6-7;2*1-2-4-6-5-3-1;2*1-2/h2-6H2,1H3;2*6H,1-5H2;2*1-2H3. The molecule has 3 aliphatic heterocycles. The van der Waals surface area contributed by atoms with Crippen LogP contribution in [0.25, 0.3) is 0 Å². The quantitative estimate of drug-likeness (QED) is 0.676. The summed E-state index contributed by atoms with van der Waals surface area (Å²) in [5, 5.41) is 6.57. The van der Waals surface area contributed by atoms with Crippen LogP contribution in [0.3, 0.4) is 0 Å². The minimum Gasteiger partial charge on any atom is -0.317 e. The first-order valence-electron chi connectivity index (χ1n) is 10.5. The van der Waals surface area contributed by atoms with E-state index in [1.165, 1.54) is 97.1 Å². The topological polar surface area (TPSA) is 27.3 Å². The number of nitrogens with one attached hydrogen (secondary N) is 2. The largest absolute Gasteiger partial charge is 0.317 e. The highest BCUT2D eigenvalue weighted by molar-refractivity contribution is 4.58. The molecule has 0 aromatic heterocycles. The highest BCUT2D eigenvalue weighted by Crippen LogP contribution is 2.04. The second kappa shape index (κ2) is 24.1. The molecule has 3 saturated heterocycles. The Morgan fingerprint density at radius 2 is 0.783 bits per heavy atom. The van der Waals surface area contributed by atoms with Crippen LogP contribution in [0.15, 0.2) is 0 Å². The minimum atomic E-state index is 1.25. The summed E-state index contributed by atoms with van der Waals surface area (Å²) in [5.74, 6) is 0. The predicted octanol–water partition coefficient (Wildman–Crippen LogP) is 4.67. The maximum atomic E-state index is 3.28. The van der Waals surface area contributed by atoms with Gasteiger partial charge < -0.3 is 15.5 Å². The van der Waals surface area contributed by atoms with E-state index >= 15 is 0 Å². The monoisotopic (exact) mass is 329 g/mol. The molecule has 0 atom stereocenters. The summed E-state index contributed by atoms with van der Waals surface area (Å²) in [6, 6.07) is 0. The summed E-state index contributed by atoms with van der Waals surface area (Å²) in [6.07, 6.45) is 12.7. The third kappa shape index (κ3) is 21.9. The van der Waals surface area contributed by atoms with Crippen molar-refractivity contribution in [3.05, 3.63) is 0 Å². The molecule has 0 aromatic carbocycles. The molecule has 3 aliphatic rings. The van der Waals surface area contributed by atoms with E-state index in [1.807, 2.05) is 27.7 Å². The van der Waals surface area contributed by atoms with E-state index in [0.29, 0.717) is 0 Å². The van der Waals surface area contributed by atoms with Crippen LogP contribution in [0.1, 0.15) is 85.5 Å². The second-order valence-electron chi connectivity index (χ2n) is 5.99. The fourth-order valence-corrected chi connectivity index (χ4v) is 2.66. The zero-order valence-corrected chi connectivity index (χ0v) is 17.1. The summed E-state index contributed by atoms with van der Waals surface area (Å²) in [7, 11) is 2.19. The Kier molecular flexibility index (Phi) is 26.4. The summed E-state index contributed by atoms with van der Waals surface area (Å²) >= 11 is 0. The fraction of sp³-hybridized carbons (Fsp3) is 1.00. The molecule has 142 valence electrons. The molecule has 3 fully saturated rings. The van der Waals surface area contributed by atoms with Crippen molar-refractivity contribution < 1.29 is 0 Å². The minimum absolute atomic E-state index is 1.25. The molecule has 2 N–H and O–H groups in total. The maximum absolute atomic E-state index is 3.28. The van der Waals surface area contributed by atoms with Crippen LogP contribution in [0, 0.1) is 0 Å². The third-order valence-corrected chi connectivity index (χ3v) is 3.99. The lowest BCUT2D eigenvalue weighted by Crippen LogP contribution is -2.24. The fourth-order valence-electron chi connectivity index (χ4n) is 2.66. The van der Waals surface area contributed by atoms with Gasteiger partial charge in [-0.15, -0.1) is 0 Å². The van der Waals surface area contributed by atoms with Gasteiger partial charge in [0.15, 0.2) is 0 Å². The maximum Gasteiger partial charge on any atom is -0.00218 e. The van der Waals surface area contributed by atoms with Crippen LogP contribution in [-0.4, -0.2) is 51.2 Å². The summed E-state index contributed by atoms with van der Waals surface area (Å²) < 4.78 is 0. The molecule has 0 aromatic rings. The van der Waals surface area contributed by atoms with Gasteiger partial charge in [-0.3, -0.25) is 0 Å². The molecule has 3 heterocycles. The second-order valence-corrected chi connectivity index (χ2v) is 5.99. The van der Waals surface area contributed by atoms with E-state index < -0.39 is 0 Å². The Bertz CT molecular complexity index is 137. The molecule has 0 spiro atoms. The highest BCUT2D eigenvalue weighted by atomic mass is 15.1. The van der Waals surface area contributed by atoms with Crippen LogP contribution < -0.4 is 10.6 Å². The smallest absolute Gasteiger partial charge is 0.00218 e. The number of rotatable bonds is 0. The van der Waals surface area contributed by atoms with E-state index in [-0.39, 0.29) is 0 Å². The van der Waals surface area contributed by atoms with Crippen molar-refractivity contribution in [1.29, 1.82) is 0 Å². The highest BCUT2D eigenvalue weighted by Gasteiger charge is 2.02.